The minimum absolute atomic E-state index is 0.0620. The Morgan fingerprint density at radius 1 is 1.03 bits per heavy atom. The number of hydrogen-bond donors (Lipinski definition) is 0. The summed E-state index contributed by atoms with van der Waals surface area (Å²) in [7, 11) is 0. The highest BCUT2D eigenvalue weighted by Gasteiger charge is 2.41. The number of amides is 2. The molecule has 2 aromatic carbocycles. The Morgan fingerprint density at radius 2 is 1.63 bits per heavy atom. The van der Waals surface area contributed by atoms with Gasteiger partial charge in [0.2, 0.25) is 0 Å². The molecule has 0 fully saturated rings. The molecule has 1 aliphatic heterocycles. The molecule has 1 aliphatic rings. The molecule has 0 saturated carbocycles. The summed E-state index contributed by atoms with van der Waals surface area (Å²) in [6, 6.07) is 17.2. The van der Waals surface area contributed by atoms with Gasteiger partial charge in [-0.05, 0) is 17.0 Å². The van der Waals surface area contributed by atoms with Crippen LogP contribution in [0.3, 0.4) is 0 Å². The van der Waals surface area contributed by atoms with Crippen molar-refractivity contribution in [2.45, 2.75) is 26.5 Å². The summed E-state index contributed by atoms with van der Waals surface area (Å²) in [5, 5.41) is 11.3. The maximum Gasteiger partial charge on any atom is 0.414 e. The number of carbonyl (C=O) groups excluding carboxylic acids is 3. The van der Waals surface area contributed by atoms with Crippen LogP contribution in [0.1, 0.15) is 25.0 Å². The summed E-state index contributed by atoms with van der Waals surface area (Å²) < 4.78 is 5.44. The van der Waals surface area contributed by atoms with E-state index in [1.54, 1.807) is 44.2 Å². The molecule has 0 aliphatic carbocycles. The highest BCUT2D eigenvalue weighted by molar-refractivity contribution is 5.98. The molecule has 30 heavy (non-hydrogen) atoms. The lowest BCUT2D eigenvalue weighted by Gasteiger charge is -2.40. The van der Waals surface area contributed by atoms with Crippen LogP contribution < -0.4 is 5.11 Å². The van der Waals surface area contributed by atoms with Crippen molar-refractivity contribution in [3.05, 3.63) is 78.0 Å². The Balaban J connectivity index is 1.96. The zero-order chi connectivity index (χ0) is 21.7. The standard InChI is InChI=1S/C23H24N2O5/c1-16(2)21-22(28)24(14-20(26)27)19(18-11-7-4-8-12-18)13-25(21)23(29)30-15-17-9-5-3-6-10-17/h3-13,16,21H,14-15H2,1-2H3,(H,26,27)/p-1. The van der Waals surface area contributed by atoms with Crippen LogP contribution in [0, 0.1) is 5.92 Å². The predicted octanol–water partition coefficient (Wildman–Crippen LogP) is 2.24. The van der Waals surface area contributed by atoms with E-state index in [-0.39, 0.29) is 12.5 Å². The molecule has 0 saturated heterocycles. The second-order valence-electron chi connectivity index (χ2n) is 7.31. The van der Waals surface area contributed by atoms with E-state index in [0.717, 1.165) is 10.5 Å². The molecule has 2 amide bonds. The van der Waals surface area contributed by atoms with Crippen LogP contribution >= 0.6 is 0 Å². The number of rotatable bonds is 6. The second kappa shape index (κ2) is 9.26. The summed E-state index contributed by atoms with van der Waals surface area (Å²) in [6.45, 7) is 3.04. The van der Waals surface area contributed by atoms with E-state index in [0.29, 0.717) is 11.3 Å². The van der Waals surface area contributed by atoms with Crippen molar-refractivity contribution in [3.63, 3.8) is 0 Å². The van der Waals surface area contributed by atoms with E-state index in [1.165, 1.54) is 11.1 Å². The highest BCUT2D eigenvalue weighted by Crippen LogP contribution is 2.30. The first-order valence-electron chi connectivity index (χ1n) is 9.66. The molecule has 0 aromatic heterocycles. The molecule has 0 bridgehead atoms. The van der Waals surface area contributed by atoms with E-state index in [9.17, 15) is 19.5 Å². The zero-order valence-electron chi connectivity index (χ0n) is 16.9. The number of hydrogen-bond acceptors (Lipinski definition) is 5. The van der Waals surface area contributed by atoms with Crippen LogP contribution in [0.5, 0.6) is 0 Å². The van der Waals surface area contributed by atoms with Crippen molar-refractivity contribution >= 4 is 23.7 Å². The SMILES string of the molecule is CC(C)C1C(=O)N(CC(=O)[O-])C(c2ccccc2)=CN1C(=O)OCc1ccccc1. The van der Waals surface area contributed by atoms with E-state index < -0.39 is 30.6 Å². The first kappa shape index (κ1) is 21.1. The summed E-state index contributed by atoms with van der Waals surface area (Å²) in [6.07, 6.45) is 0.810. The minimum Gasteiger partial charge on any atom is -0.548 e. The Hall–Kier alpha value is -3.61. The molecule has 1 heterocycles. The lowest BCUT2D eigenvalue weighted by molar-refractivity contribution is -0.305. The fraction of sp³-hybridized carbons (Fsp3) is 0.261. The number of carboxylic acid groups (broad SMARTS) is 1. The lowest BCUT2D eigenvalue weighted by Crippen LogP contribution is -2.56. The van der Waals surface area contributed by atoms with E-state index in [4.69, 9.17) is 4.74 Å². The second-order valence-corrected chi connectivity index (χ2v) is 7.31. The normalized spacial score (nSPS) is 16.4. The lowest BCUT2D eigenvalue weighted by atomic mass is 9.97. The smallest absolute Gasteiger partial charge is 0.414 e. The van der Waals surface area contributed by atoms with Crippen LogP contribution in [0.4, 0.5) is 4.79 Å². The molecule has 7 nitrogen and oxygen atoms in total. The third-order valence-electron chi connectivity index (χ3n) is 4.78. The Kier molecular flexibility index (Phi) is 6.51. The largest absolute Gasteiger partial charge is 0.548 e. The minimum atomic E-state index is -1.38. The number of carboxylic acids is 1. The number of carbonyl (C=O) groups is 3. The quantitative estimate of drug-likeness (QED) is 0.733. The van der Waals surface area contributed by atoms with Gasteiger partial charge in [0.05, 0.1) is 18.2 Å². The number of nitrogens with zero attached hydrogens (tertiary/aromatic N) is 2. The molecule has 1 unspecified atom stereocenters. The molecule has 7 heteroatoms. The molecule has 0 N–H and O–H groups in total. The number of benzene rings is 2. The summed E-state index contributed by atoms with van der Waals surface area (Å²) in [4.78, 5) is 39.8. The third kappa shape index (κ3) is 4.68. The van der Waals surface area contributed by atoms with Gasteiger partial charge in [0, 0.05) is 6.20 Å². The first-order valence-corrected chi connectivity index (χ1v) is 9.66. The third-order valence-corrected chi connectivity index (χ3v) is 4.78. The summed E-state index contributed by atoms with van der Waals surface area (Å²) in [5.41, 5.74) is 1.73. The molecular weight excluding hydrogens is 384 g/mol. The summed E-state index contributed by atoms with van der Waals surface area (Å²) >= 11 is 0. The Labute approximate surface area is 175 Å². The van der Waals surface area contributed by atoms with Crippen LogP contribution in [0.15, 0.2) is 66.9 Å². The maximum absolute atomic E-state index is 13.2. The van der Waals surface area contributed by atoms with Gasteiger partial charge in [-0.25, -0.2) is 4.79 Å². The maximum atomic E-state index is 13.2. The van der Waals surface area contributed by atoms with E-state index >= 15 is 0 Å². The number of aliphatic carboxylic acids is 1. The fourth-order valence-corrected chi connectivity index (χ4v) is 3.38. The van der Waals surface area contributed by atoms with Gasteiger partial charge in [0.1, 0.15) is 12.6 Å². The average Bonchev–Trinajstić information content (AvgIpc) is 2.74. The van der Waals surface area contributed by atoms with Crippen LogP contribution in [-0.4, -0.2) is 40.4 Å². The van der Waals surface area contributed by atoms with Crippen molar-refractivity contribution in [1.82, 2.24) is 9.80 Å². The van der Waals surface area contributed by atoms with E-state index in [1.807, 2.05) is 30.3 Å². The van der Waals surface area contributed by atoms with Gasteiger partial charge in [-0.15, -0.1) is 0 Å². The predicted molar refractivity (Wildman–Crippen MR) is 108 cm³/mol. The molecule has 0 radical (unpaired) electrons. The Bertz CT molecular complexity index is 941. The van der Waals surface area contributed by atoms with Crippen molar-refractivity contribution in [1.29, 1.82) is 0 Å². The van der Waals surface area contributed by atoms with Gasteiger partial charge in [-0.1, -0.05) is 74.5 Å². The van der Waals surface area contributed by atoms with Crippen molar-refractivity contribution in [2.24, 2.45) is 5.92 Å². The summed E-state index contributed by atoms with van der Waals surface area (Å²) in [5.74, 6) is -2.14. The van der Waals surface area contributed by atoms with Gasteiger partial charge in [-0.2, -0.15) is 0 Å². The van der Waals surface area contributed by atoms with Gasteiger partial charge < -0.3 is 19.5 Å². The van der Waals surface area contributed by atoms with Crippen LogP contribution in [-0.2, 0) is 20.9 Å². The first-order chi connectivity index (χ1) is 14.4. The van der Waals surface area contributed by atoms with E-state index in [2.05, 4.69) is 0 Å². The van der Waals surface area contributed by atoms with Crippen molar-refractivity contribution < 1.29 is 24.2 Å². The average molecular weight is 407 g/mol. The molecule has 0 spiro atoms. The monoisotopic (exact) mass is 407 g/mol. The van der Waals surface area contributed by atoms with Gasteiger partial charge in [-0.3, -0.25) is 9.69 Å². The van der Waals surface area contributed by atoms with Crippen molar-refractivity contribution in [3.8, 4) is 0 Å². The van der Waals surface area contributed by atoms with Gasteiger partial charge in [0.15, 0.2) is 0 Å². The molecule has 156 valence electrons. The molecule has 3 rings (SSSR count). The Morgan fingerprint density at radius 3 is 2.20 bits per heavy atom. The fourth-order valence-electron chi connectivity index (χ4n) is 3.38. The van der Waals surface area contributed by atoms with Gasteiger partial charge in [0.25, 0.3) is 5.91 Å². The zero-order valence-corrected chi connectivity index (χ0v) is 16.9. The topological polar surface area (TPSA) is 90.0 Å². The van der Waals surface area contributed by atoms with Crippen LogP contribution in [0.2, 0.25) is 0 Å². The highest BCUT2D eigenvalue weighted by atomic mass is 16.6. The van der Waals surface area contributed by atoms with Crippen LogP contribution in [0.25, 0.3) is 5.70 Å². The number of ether oxygens (including phenoxy) is 1. The molecule has 2 aromatic rings. The van der Waals surface area contributed by atoms with Gasteiger partial charge >= 0.3 is 6.09 Å². The molecule has 1 atom stereocenters. The molecular formula is C23H23N2O5-. The van der Waals surface area contributed by atoms with Crippen molar-refractivity contribution in [2.75, 3.05) is 6.54 Å².